The molecule has 57 valence electrons. The van der Waals surface area contributed by atoms with Crippen molar-refractivity contribution < 1.29 is 5.11 Å². The van der Waals surface area contributed by atoms with Crippen LogP contribution in [0.2, 0.25) is 0 Å². The van der Waals surface area contributed by atoms with Crippen molar-refractivity contribution in [3.05, 3.63) is 40.0 Å². The van der Waals surface area contributed by atoms with Crippen LogP contribution in [0.15, 0.2) is 40.0 Å². The van der Waals surface area contributed by atoms with E-state index in [-0.39, 0.29) is 0 Å². The molecule has 11 heavy (non-hydrogen) atoms. The van der Waals surface area contributed by atoms with E-state index in [1.54, 1.807) is 24.3 Å². The van der Waals surface area contributed by atoms with Gasteiger partial charge in [0.15, 0.2) is 0 Å². The maximum absolute atomic E-state index is 8.63. The van der Waals surface area contributed by atoms with Crippen LogP contribution in [-0.4, -0.2) is 30.9 Å². The summed E-state index contributed by atoms with van der Waals surface area (Å²) in [6, 6.07) is 8.71. The molecule has 0 aliphatic heterocycles. The van der Waals surface area contributed by atoms with Crippen LogP contribution >= 0.6 is 0 Å². The number of benzene rings is 1. The summed E-state index contributed by atoms with van der Waals surface area (Å²) >= 11 is 1.15. The number of phenols is 1. The minimum Gasteiger partial charge on any atom is -0.508 e. The Hall–Kier alpha value is -0.318. The van der Waals surface area contributed by atoms with Gasteiger partial charge in [-0.25, -0.2) is 0 Å². The molecule has 0 spiro atoms. The van der Waals surface area contributed by atoms with Gasteiger partial charge in [-0.15, -0.1) is 0 Å². The number of hydrogen-bond donors (Lipinski definition) is 1. The van der Waals surface area contributed by atoms with Crippen molar-refractivity contribution in [3.63, 3.8) is 0 Å². The first-order valence-corrected chi connectivity index (χ1v) is 5.18. The van der Waals surface area contributed by atoms with Crippen molar-refractivity contribution in [1.29, 1.82) is 0 Å². The third-order valence-corrected chi connectivity index (χ3v) is 0.756. The molecule has 1 rings (SSSR count). The number of hydrogen-bond acceptors (Lipinski definition) is 1. The first-order valence-electron chi connectivity index (χ1n) is 3.24. The van der Waals surface area contributed by atoms with Gasteiger partial charge in [0, 0.05) is 0 Å². The molecule has 0 saturated heterocycles. The van der Waals surface area contributed by atoms with Crippen molar-refractivity contribution >= 4 is 25.8 Å². The van der Waals surface area contributed by atoms with Crippen molar-refractivity contribution in [3.8, 4) is 5.75 Å². The minimum atomic E-state index is 0.322. The summed E-state index contributed by atoms with van der Waals surface area (Å²) in [5.74, 6) is 0.322. The molecule has 0 atom stereocenters. The van der Waals surface area contributed by atoms with Gasteiger partial charge < -0.3 is 5.11 Å². The Balaban J connectivity index is 0.000000218. The molecule has 2 heteroatoms. The zero-order chi connectivity index (χ0) is 8.69. The molecule has 0 aromatic heterocycles. The Labute approximate surface area is 83.4 Å². The van der Waals surface area contributed by atoms with E-state index in [4.69, 9.17) is 5.11 Å². The molecule has 1 aromatic rings. The smallest absolute Gasteiger partial charge is 0.115 e. The van der Waals surface area contributed by atoms with Crippen molar-refractivity contribution in [2.24, 2.45) is 0 Å². The van der Waals surface area contributed by atoms with E-state index in [0.717, 1.165) is 25.8 Å². The van der Waals surface area contributed by atoms with Gasteiger partial charge in [0.2, 0.25) is 0 Å². The van der Waals surface area contributed by atoms with Crippen molar-refractivity contribution in [2.75, 3.05) is 0 Å². The third kappa shape index (κ3) is 9.68. The van der Waals surface area contributed by atoms with Gasteiger partial charge in [-0.2, -0.15) is 0 Å². The van der Waals surface area contributed by atoms with E-state index < -0.39 is 0 Å². The summed E-state index contributed by atoms with van der Waals surface area (Å²) in [6.07, 6.45) is 0. The fourth-order valence-corrected chi connectivity index (χ4v) is 0.428. The largest absolute Gasteiger partial charge is 0.508 e. The van der Waals surface area contributed by atoms with Crippen LogP contribution in [-0.2, 0) is 0 Å². The number of phenolic OH excluding ortho intramolecular Hbond substituents is 1. The molecule has 0 fully saturated rings. The normalized spacial score (nSPS) is 7.82. The summed E-state index contributed by atoms with van der Waals surface area (Å²) in [7, 11) is 0. The van der Waals surface area contributed by atoms with Crippen LogP contribution in [0.3, 0.4) is 0 Å². The van der Waals surface area contributed by atoms with E-state index in [1.165, 1.54) is 3.13 Å². The number of rotatable bonds is 0. The fraction of sp³-hybridized carbons (Fsp3) is 0.111. The predicted molar refractivity (Wildman–Crippen MR) is 48.7 cm³/mol. The van der Waals surface area contributed by atoms with E-state index in [0.29, 0.717) is 5.75 Å². The summed E-state index contributed by atoms with van der Waals surface area (Å²) < 4.78 is 1.31. The molecule has 0 saturated carbocycles. The monoisotopic (exact) mass is 343 g/mol. The fourth-order valence-electron chi connectivity index (χ4n) is 0.428. The maximum Gasteiger partial charge on any atom is 0.115 e. The van der Waals surface area contributed by atoms with Crippen molar-refractivity contribution in [2.45, 2.75) is 6.92 Å². The molecule has 1 aromatic carbocycles. The maximum atomic E-state index is 8.63. The van der Waals surface area contributed by atoms with Gasteiger partial charge in [0.1, 0.15) is 5.75 Å². The molecule has 0 bridgehead atoms. The van der Waals surface area contributed by atoms with Gasteiger partial charge in [0.05, 0.1) is 0 Å². The van der Waals surface area contributed by atoms with Crippen LogP contribution in [0.25, 0.3) is 0 Å². The summed E-state index contributed by atoms with van der Waals surface area (Å²) in [6.45, 7) is 5.65. The number of aromatic hydroxyl groups is 1. The quantitative estimate of drug-likeness (QED) is 0.716. The minimum absolute atomic E-state index is 0.322. The molecule has 3 radical (unpaired) electrons. The molecular formula is C9H11OPb. The van der Waals surface area contributed by atoms with Gasteiger partial charge in [-0.05, 0) is 12.1 Å². The molecular weight excluding hydrogens is 331 g/mol. The zero-order valence-corrected chi connectivity index (χ0v) is 10.4. The third-order valence-electron chi connectivity index (χ3n) is 0.756. The topological polar surface area (TPSA) is 20.2 Å². The van der Waals surface area contributed by atoms with Crippen LogP contribution in [0, 0.1) is 0 Å². The first-order chi connectivity index (χ1) is 5.13. The van der Waals surface area contributed by atoms with Crippen molar-refractivity contribution in [1.82, 2.24) is 0 Å². The predicted octanol–water partition coefficient (Wildman–Crippen LogP) is 2.08. The Kier molecular flexibility index (Phi) is 6.21. The Morgan fingerprint density at radius 1 is 1.36 bits per heavy atom. The Morgan fingerprint density at radius 3 is 1.91 bits per heavy atom. The summed E-state index contributed by atoms with van der Waals surface area (Å²) in [5.41, 5.74) is 0. The summed E-state index contributed by atoms with van der Waals surface area (Å²) in [5, 5.41) is 8.63. The van der Waals surface area contributed by atoms with Gasteiger partial charge in [-0.3, -0.25) is 0 Å². The molecule has 1 N–H and O–H groups in total. The van der Waals surface area contributed by atoms with Gasteiger partial charge in [0.25, 0.3) is 0 Å². The van der Waals surface area contributed by atoms with Crippen LogP contribution < -0.4 is 0 Å². The Bertz CT molecular complexity index is 202. The molecule has 0 heterocycles. The molecule has 0 aliphatic carbocycles. The first kappa shape index (κ1) is 10.7. The Morgan fingerprint density at radius 2 is 1.73 bits per heavy atom. The second kappa shape index (κ2) is 6.40. The van der Waals surface area contributed by atoms with Gasteiger partial charge in [-0.1, -0.05) is 18.2 Å². The standard InChI is InChI=1S/C6H6O.C3H5.Pb/c7-6-4-2-1-3-5-6;1-3-2;/h1-5,7H;1H2,2H3;. The molecule has 0 aliphatic rings. The SMILES string of the molecule is C=[C](C)[Pb].Oc1ccccc1. The van der Waals surface area contributed by atoms with E-state index in [1.807, 2.05) is 13.0 Å². The van der Waals surface area contributed by atoms with E-state index >= 15 is 0 Å². The van der Waals surface area contributed by atoms with Crippen LogP contribution in [0.4, 0.5) is 0 Å². The second-order valence-corrected chi connectivity index (χ2v) is 5.43. The van der Waals surface area contributed by atoms with E-state index in [2.05, 4.69) is 6.58 Å². The molecule has 1 nitrogen and oxygen atoms in total. The average Bonchev–Trinajstić information content (AvgIpc) is 1.87. The number of allylic oxidation sites excluding steroid dienone is 1. The molecule has 0 amide bonds. The zero-order valence-electron chi connectivity index (χ0n) is 6.54. The van der Waals surface area contributed by atoms with E-state index in [9.17, 15) is 0 Å². The van der Waals surface area contributed by atoms with Gasteiger partial charge >= 0.3 is 42.4 Å². The second-order valence-electron chi connectivity index (χ2n) is 2.12. The summed E-state index contributed by atoms with van der Waals surface area (Å²) in [4.78, 5) is 0. The van der Waals surface area contributed by atoms with Crippen LogP contribution in [0.1, 0.15) is 6.92 Å². The number of para-hydroxylation sites is 1. The average molecular weight is 342 g/mol. The molecule has 0 unspecified atom stereocenters. The van der Waals surface area contributed by atoms with Crippen LogP contribution in [0.5, 0.6) is 5.75 Å².